The van der Waals surface area contributed by atoms with Gasteiger partial charge < -0.3 is 18.8 Å². The summed E-state index contributed by atoms with van der Waals surface area (Å²) in [6.07, 6.45) is 2.48. The Balaban J connectivity index is 1.71. The van der Waals surface area contributed by atoms with Gasteiger partial charge in [0.05, 0.1) is 49.4 Å². The number of ether oxygens (including phenoxy) is 3. The quantitative estimate of drug-likeness (QED) is 0.348. The molecule has 0 N–H and O–H groups in total. The van der Waals surface area contributed by atoms with E-state index in [4.69, 9.17) is 19.3 Å². The van der Waals surface area contributed by atoms with Crippen molar-refractivity contribution in [2.45, 2.75) is 46.7 Å². The van der Waals surface area contributed by atoms with Gasteiger partial charge in [-0.05, 0) is 18.4 Å². The first-order valence-electron chi connectivity index (χ1n) is 11.7. The highest BCUT2D eigenvalue weighted by molar-refractivity contribution is 5.97. The van der Waals surface area contributed by atoms with E-state index in [1.54, 1.807) is 19.4 Å². The molecule has 0 fully saturated rings. The number of rotatable bonds is 9. The Bertz CT molecular complexity index is 1250. The number of Topliss-reactive ketones (excluding diaryl/α,β-unsaturated/α-hetero) is 1. The highest BCUT2D eigenvalue weighted by Crippen LogP contribution is 2.43. The van der Waals surface area contributed by atoms with Gasteiger partial charge in [0.2, 0.25) is 0 Å². The maximum absolute atomic E-state index is 12.8. The fourth-order valence-corrected chi connectivity index (χ4v) is 4.44. The lowest BCUT2D eigenvalue weighted by molar-refractivity contribution is 0.0645. The van der Waals surface area contributed by atoms with Crippen LogP contribution in [0.5, 0.6) is 5.75 Å². The Morgan fingerprint density at radius 1 is 1.18 bits per heavy atom. The van der Waals surface area contributed by atoms with E-state index in [1.807, 2.05) is 22.9 Å². The van der Waals surface area contributed by atoms with Gasteiger partial charge >= 0.3 is 0 Å². The van der Waals surface area contributed by atoms with Gasteiger partial charge in [0.1, 0.15) is 11.3 Å². The first kappa shape index (κ1) is 24.2. The van der Waals surface area contributed by atoms with Gasteiger partial charge in [-0.15, -0.1) is 0 Å². The third kappa shape index (κ3) is 4.65. The molecule has 0 spiro atoms. The van der Waals surface area contributed by atoms with Crippen molar-refractivity contribution in [1.29, 1.82) is 0 Å². The molecule has 8 heteroatoms. The molecule has 3 aromatic rings. The standard InChI is InChI=1S/C26H33N3O5/c1-17(30)19-15-28-20(14-21(19)31)25-18-8-6-9-22(34-11-7-10-33-13-12-32-5)24(18)27-29(25)16-23(28)26(2,3)4/h6,8-9,14-15,23H,7,10-13,16H2,1-5H3. The predicted molar refractivity (Wildman–Crippen MR) is 131 cm³/mol. The minimum absolute atomic E-state index is 0.0247. The molecule has 3 heterocycles. The molecule has 182 valence electrons. The molecule has 1 aliphatic rings. The molecule has 34 heavy (non-hydrogen) atoms. The number of carbonyl (C=O) groups excluding carboxylic acids is 1. The Labute approximate surface area is 199 Å². The average molecular weight is 468 g/mol. The van der Waals surface area contributed by atoms with Crippen molar-refractivity contribution in [1.82, 2.24) is 14.3 Å². The van der Waals surface area contributed by atoms with Crippen LogP contribution in [0.15, 0.2) is 35.3 Å². The summed E-state index contributed by atoms with van der Waals surface area (Å²) < 4.78 is 20.6. The van der Waals surface area contributed by atoms with Crippen LogP contribution in [0.2, 0.25) is 0 Å². The number of hydrogen-bond donors (Lipinski definition) is 0. The number of carbonyl (C=O) groups is 1. The van der Waals surface area contributed by atoms with E-state index in [9.17, 15) is 9.59 Å². The van der Waals surface area contributed by atoms with Gasteiger partial charge in [-0.25, -0.2) is 0 Å². The number of ketones is 1. The number of benzene rings is 1. The smallest absolute Gasteiger partial charge is 0.193 e. The van der Waals surface area contributed by atoms with Crippen LogP contribution >= 0.6 is 0 Å². The van der Waals surface area contributed by atoms with Gasteiger partial charge in [-0.3, -0.25) is 14.3 Å². The summed E-state index contributed by atoms with van der Waals surface area (Å²) in [6.45, 7) is 10.8. The fraction of sp³-hybridized carbons (Fsp3) is 0.500. The topological polar surface area (TPSA) is 84.6 Å². The minimum atomic E-state index is -0.268. The monoisotopic (exact) mass is 467 g/mol. The van der Waals surface area contributed by atoms with Crippen molar-refractivity contribution < 1.29 is 19.0 Å². The number of methoxy groups -OCH3 is 1. The molecule has 8 nitrogen and oxygen atoms in total. The van der Waals surface area contributed by atoms with Crippen LogP contribution in [-0.2, 0) is 16.0 Å². The largest absolute Gasteiger partial charge is 0.491 e. The second kappa shape index (κ2) is 9.72. The Morgan fingerprint density at radius 3 is 2.68 bits per heavy atom. The van der Waals surface area contributed by atoms with Crippen LogP contribution in [0.3, 0.4) is 0 Å². The van der Waals surface area contributed by atoms with E-state index in [1.165, 1.54) is 6.92 Å². The highest BCUT2D eigenvalue weighted by atomic mass is 16.5. The van der Waals surface area contributed by atoms with Crippen molar-refractivity contribution in [3.8, 4) is 17.1 Å². The molecular formula is C26H33N3O5. The molecule has 0 saturated carbocycles. The van der Waals surface area contributed by atoms with E-state index in [0.717, 1.165) is 28.7 Å². The molecule has 0 saturated heterocycles. The molecule has 1 aromatic carbocycles. The van der Waals surface area contributed by atoms with E-state index < -0.39 is 0 Å². The van der Waals surface area contributed by atoms with Crippen LogP contribution in [0.1, 0.15) is 50.5 Å². The number of nitrogens with zero attached hydrogens (tertiary/aromatic N) is 3. The zero-order chi connectivity index (χ0) is 24.5. The lowest BCUT2D eigenvalue weighted by atomic mass is 9.84. The van der Waals surface area contributed by atoms with Gasteiger partial charge in [0.25, 0.3) is 0 Å². The Morgan fingerprint density at radius 2 is 1.97 bits per heavy atom. The molecule has 1 aliphatic heterocycles. The second-order valence-corrected chi connectivity index (χ2v) is 9.77. The summed E-state index contributed by atoms with van der Waals surface area (Å²) in [5, 5.41) is 5.83. The zero-order valence-corrected chi connectivity index (χ0v) is 20.6. The van der Waals surface area contributed by atoms with Crippen molar-refractivity contribution in [2.24, 2.45) is 5.41 Å². The van der Waals surface area contributed by atoms with Crippen LogP contribution < -0.4 is 10.2 Å². The molecule has 0 radical (unpaired) electrons. The number of aromatic nitrogens is 3. The lowest BCUT2D eigenvalue weighted by Gasteiger charge is -2.38. The number of fused-ring (bicyclic) bond motifs is 5. The first-order chi connectivity index (χ1) is 16.2. The average Bonchev–Trinajstić information content (AvgIpc) is 3.16. The zero-order valence-electron chi connectivity index (χ0n) is 20.6. The van der Waals surface area contributed by atoms with E-state index in [2.05, 4.69) is 25.3 Å². The van der Waals surface area contributed by atoms with Gasteiger partial charge in [-0.1, -0.05) is 32.9 Å². The summed E-state index contributed by atoms with van der Waals surface area (Å²) in [5.41, 5.74) is 2.24. The van der Waals surface area contributed by atoms with Crippen LogP contribution in [-0.4, -0.2) is 53.7 Å². The number of pyridine rings is 1. The van der Waals surface area contributed by atoms with Crippen molar-refractivity contribution in [2.75, 3.05) is 33.5 Å². The SMILES string of the molecule is COCCOCCCOc1cccc2c3n(nc12)CC(C(C)(C)C)n1cc(C(C)=O)c(=O)cc1-3. The molecule has 0 amide bonds. The molecule has 2 aromatic heterocycles. The second-order valence-electron chi connectivity index (χ2n) is 9.77. The van der Waals surface area contributed by atoms with Crippen molar-refractivity contribution in [3.05, 3.63) is 46.2 Å². The Hall–Kier alpha value is -2.97. The van der Waals surface area contributed by atoms with Crippen LogP contribution in [0.4, 0.5) is 0 Å². The molecule has 1 unspecified atom stereocenters. The third-order valence-electron chi connectivity index (χ3n) is 6.24. The number of hydrogen-bond acceptors (Lipinski definition) is 6. The molecule has 1 atom stereocenters. The van der Waals surface area contributed by atoms with Crippen LogP contribution in [0.25, 0.3) is 22.3 Å². The maximum atomic E-state index is 12.8. The summed E-state index contributed by atoms with van der Waals surface area (Å²) in [5.74, 6) is 0.483. The first-order valence-corrected chi connectivity index (χ1v) is 11.7. The minimum Gasteiger partial charge on any atom is -0.491 e. The molecule has 0 aliphatic carbocycles. The predicted octanol–water partition coefficient (Wildman–Crippen LogP) is 4.10. The summed E-state index contributed by atoms with van der Waals surface area (Å²) >= 11 is 0. The third-order valence-corrected chi connectivity index (χ3v) is 6.24. The van der Waals surface area contributed by atoms with Crippen molar-refractivity contribution in [3.63, 3.8) is 0 Å². The molecule has 0 bridgehead atoms. The van der Waals surface area contributed by atoms with Crippen LogP contribution in [0, 0.1) is 5.41 Å². The highest BCUT2D eigenvalue weighted by Gasteiger charge is 2.35. The van der Waals surface area contributed by atoms with Gasteiger partial charge in [0.15, 0.2) is 11.2 Å². The fourth-order valence-electron chi connectivity index (χ4n) is 4.44. The van der Waals surface area contributed by atoms with Gasteiger partial charge in [0, 0.05) is 37.8 Å². The molecule has 4 rings (SSSR count). The normalized spacial score (nSPS) is 15.3. The molecular weight excluding hydrogens is 434 g/mol. The van der Waals surface area contributed by atoms with E-state index in [-0.39, 0.29) is 28.2 Å². The van der Waals surface area contributed by atoms with E-state index >= 15 is 0 Å². The lowest BCUT2D eigenvalue weighted by Crippen LogP contribution is -2.35. The van der Waals surface area contributed by atoms with Gasteiger partial charge in [-0.2, -0.15) is 5.10 Å². The van der Waals surface area contributed by atoms with Crippen molar-refractivity contribution >= 4 is 16.7 Å². The van der Waals surface area contributed by atoms with E-state index in [0.29, 0.717) is 38.7 Å². The summed E-state index contributed by atoms with van der Waals surface area (Å²) in [6, 6.07) is 7.46. The maximum Gasteiger partial charge on any atom is 0.193 e. The summed E-state index contributed by atoms with van der Waals surface area (Å²) in [4.78, 5) is 24.9. The summed E-state index contributed by atoms with van der Waals surface area (Å²) in [7, 11) is 1.65. The Kier molecular flexibility index (Phi) is 6.91.